The molecule has 0 heterocycles. The molecule has 0 aliphatic carbocycles. The van der Waals surface area contributed by atoms with Gasteiger partial charge in [-0.05, 0) is 140 Å². The van der Waals surface area contributed by atoms with Crippen molar-refractivity contribution in [3.05, 3.63) is 189 Å². The number of esters is 1. The van der Waals surface area contributed by atoms with E-state index in [-0.39, 0.29) is 34.8 Å². The van der Waals surface area contributed by atoms with Gasteiger partial charge in [-0.25, -0.2) is 4.79 Å². The van der Waals surface area contributed by atoms with Crippen molar-refractivity contribution in [2.45, 2.75) is 196 Å². The highest BCUT2D eigenvalue weighted by Crippen LogP contribution is 2.38. The van der Waals surface area contributed by atoms with E-state index in [0.717, 1.165) is 20.4 Å². The predicted molar refractivity (Wildman–Crippen MR) is 435 cm³/mol. The lowest BCUT2D eigenvalue weighted by atomic mass is 10.2. The van der Waals surface area contributed by atoms with Crippen LogP contribution in [-0.2, 0) is 18.0 Å². The fourth-order valence-electron chi connectivity index (χ4n) is 7.57. The first-order valence-electron chi connectivity index (χ1n) is 32.4. The molecule has 7 aromatic carbocycles. The lowest BCUT2D eigenvalue weighted by Crippen LogP contribution is -2.44. The zero-order valence-electron chi connectivity index (χ0n) is 62.6. The molecular formula is C76H116Br2O11Si7. The second-order valence-corrected chi connectivity index (χ2v) is 68.7. The zero-order chi connectivity index (χ0) is 74.4. The molecule has 11 nitrogen and oxygen atoms in total. The van der Waals surface area contributed by atoms with Gasteiger partial charge in [0.1, 0.15) is 40.2 Å². The molecule has 0 saturated heterocycles. The molecule has 0 amide bonds. The van der Waals surface area contributed by atoms with Gasteiger partial charge in [0.15, 0.2) is 6.29 Å². The van der Waals surface area contributed by atoms with Crippen LogP contribution >= 0.6 is 31.9 Å². The van der Waals surface area contributed by atoms with E-state index in [0.29, 0.717) is 45.8 Å². The van der Waals surface area contributed by atoms with Crippen LogP contribution in [0.2, 0.25) is 134 Å². The number of phenols is 4. The molecule has 7 aromatic rings. The van der Waals surface area contributed by atoms with Crippen molar-refractivity contribution in [1.29, 1.82) is 0 Å². The first-order chi connectivity index (χ1) is 43.6. The number of hydrogen-bond donors (Lipinski definition) is 6. The molecule has 0 fully saturated rings. The maximum absolute atomic E-state index is 11.5. The Morgan fingerprint density at radius 1 is 0.427 bits per heavy atom. The molecule has 0 aliphatic rings. The lowest BCUT2D eigenvalue weighted by Gasteiger charge is -2.36. The monoisotopic (exact) mass is 1560 g/mol. The summed E-state index contributed by atoms with van der Waals surface area (Å²) < 4.78 is 19.7. The third-order valence-corrected chi connectivity index (χ3v) is 36.3. The molecule has 0 saturated carbocycles. The summed E-state index contributed by atoms with van der Waals surface area (Å²) in [7, 11) is -9.87. The fourth-order valence-corrected chi connectivity index (χ4v) is 16.1. The molecule has 0 atom stereocenters. The van der Waals surface area contributed by atoms with Crippen LogP contribution in [0.25, 0.3) is 0 Å². The summed E-state index contributed by atoms with van der Waals surface area (Å²) in [4.78, 5) is 22.0. The average Bonchev–Trinajstić information content (AvgIpc) is 0.844. The minimum absolute atomic E-state index is 0.0667. The third kappa shape index (κ3) is 32.1. The Bertz CT molecular complexity index is 3510. The van der Waals surface area contributed by atoms with Crippen LogP contribution in [-0.4, -0.2) is 99.9 Å². The number of aliphatic hydroxyl groups excluding tert-OH is 2. The van der Waals surface area contributed by atoms with Crippen LogP contribution < -0.4 is 39.5 Å². The Balaban J connectivity index is 0.000000567. The number of hydrogen-bond acceptors (Lipinski definition) is 11. The van der Waals surface area contributed by atoms with E-state index >= 15 is 0 Å². The Labute approximate surface area is 602 Å². The van der Waals surface area contributed by atoms with Crippen LogP contribution in [0.1, 0.15) is 70.0 Å². The van der Waals surface area contributed by atoms with Gasteiger partial charge < -0.3 is 44.2 Å². The molecule has 0 bridgehead atoms. The molecule has 0 aliphatic heterocycles. The summed E-state index contributed by atoms with van der Waals surface area (Å²) in [6.07, 6.45) is 0.693. The molecule has 96 heavy (non-hydrogen) atoms. The van der Waals surface area contributed by atoms with Gasteiger partial charge in [0.25, 0.3) is 0 Å². The van der Waals surface area contributed by atoms with Crippen LogP contribution in [0.5, 0.6) is 40.2 Å². The van der Waals surface area contributed by atoms with Crippen LogP contribution in [0.3, 0.4) is 0 Å². The van der Waals surface area contributed by atoms with Gasteiger partial charge in [0.05, 0.1) is 59.1 Å². The quantitative estimate of drug-likeness (QED) is 0.0200. The second-order valence-electron chi connectivity index (χ2n) is 32.0. The first-order valence-corrected chi connectivity index (χ1v) is 57.3. The van der Waals surface area contributed by atoms with E-state index < -0.39 is 63.0 Å². The molecule has 0 radical (unpaired) electrons. The number of phenolic OH excluding ortho intramolecular Hbond substituents is 3. The highest BCUT2D eigenvalue weighted by atomic mass is 79.9. The van der Waals surface area contributed by atoms with Crippen molar-refractivity contribution in [1.82, 2.24) is 0 Å². The number of carbonyl (C=O) groups is 2. The normalized spacial score (nSPS) is 11.8. The smallest absolute Gasteiger partial charge is 0.338 e. The maximum Gasteiger partial charge on any atom is 0.338 e. The van der Waals surface area contributed by atoms with Gasteiger partial charge in [-0.2, -0.15) is 0 Å². The summed E-state index contributed by atoms with van der Waals surface area (Å²) >= 11 is 6.65. The molecule has 6 N–H and O–H groups in total. The predicted octanol–water partition coefficient (Wildman–Crippen LogP) is 18.9. The first kappa shape index (κ1) is 88.6. The van der Waals surface area contributed by atoms with Gasteiger partial charge in [0, 0.05) is 25.6 Å². The van der Waals surface area contributed by atoms with E-state index in [1.54, 1.807) is 67.6 Å². The van der Waals surface area contributed by atoms with E-state index in [9.17, 15) is 24.9 Å². The van der Waals surface area contributed by atoms with Crippen molar-refractivity contribution in [2.75, 3.05) is 0 Å². The minimum Gasteiger partial charge on any atom is -0.544 e. The standard InChI is InChI=1S/C15H28OSi2.C14H20O3Si.C12H19BrOSi.C10H16O2Si.C10H14O2Si.C9H14OSi.C6H5BrO/c1-15(2,3)18(7,8)16-13-9-11-14(12-10-13)17(4,5)6;1-10(2)14(16)17-13-7-6-12(18(3,4)5)8-11(13)9-15;1-12(2,3)15(4,5)14-11-8-6-10(13)7-9-11;2*1-13(2,3)9-4-5-10(12)8(6-9)7-11;1-11(2,3)9-6-4-8(10)5-7-9;7-5-1-3-6(8)4-2-5/h9-12H,1-8H3;6-8,15H,1,9H2,2-5H3;6-9H,1-5H3;4-6,11-12H,7H2,1-3H3;4-7,12H,1-3H3;4-7,10H,1-3H3;1-4,8H. The van der Waals surface area contributed by atoms with Crippen LogP contribution in [0.15, 0.2) is 173 Å². The van der Waals surface area contributed by atoms with E-state index in [1.807, 2.05) is 66.7 Å². The SMILES string of the molecule is C=C(C)C(=O)Oc1ccc([Si](C)(C)C)cc1CO.CC(C)(C)[Si](C)(C)Oc1ccc(Br)cc1.CC(C)(C)[Si](C)(C)Oc1ccc([Si](C)(C)C)cc1.C[Si](C)(C)c1ccc(O)c(C=O)c1.C[Si](C)(C)c1ccc(O)c(CO)c1.C[Si](C)(C)c1ccc(O)cc1.Oc1ccc(Br)cc1. The number of aromatic hydroxyl groups is 4. The number of aliphatic hydroxyl groups is 2. The number of ether oxygens (including phenoxy) is 1. The van der Waals surface area contributed by atoms with Crippen molar-refractivity contribution < 1.29 is 53.8 Å². The number of rotatable bonds is 14. The fraction of sp³-hybridized carbons (Fsp3) is 0.395. The Morgan fingerprint density at radius 2 is 0.719 bits per heavy atom. The largest absolute Gasteiger partial charge is 0.544 e. The van der Waals surface area contributed by atoms with Gasteiger partial charge in [-0.1, -0.05) is 259 Å². The van der Waals surface area contributed by atoms with E-state index in [2.05, 4.69) is 229 Å². The summed E-state index contributed by atoms with van der Waals surface area (Å²) in [5.41, 5.74) is 2.00. The molecule has 528 valence electrons. The van der Waals surface area contributed by atoms with Crippen LogP contribution in [0, 0.1) is 0 Å². The van der Waals surface area contributed by atoms with Crippen molar-refractivity contribution in [3.8, 4) is 40.2 Å². The van der Waals surface area contributed by atoms with Gasteiger partial charge >= 0.3 is 5.97 Å². The zero-order valence-corrected chi connectivity index (χ0v) is 72.8. The molecular weight excluding hydrogens is 1450 g/mol. The molecule has 7 rings (SSSR count). The van der Waals surface area contributed by atoms with Crippen molar-refractivity contribution in [3.63, 3.8) is 0 Å². The Morgan fingerprint density at radius 3 is 1.04 bits per heavy atom. The maximum atomic E-state index is 11.5. The molecule has 0 unspecified atom stereocenters. The van der Waals surface area contributed by atoms with Crippen molar-refractivity contribution in [2.24, 2.45) is 0 Å². The number of halogens is 2. The summed E-state index contributed by atoms with van der Waals surface area (Å²) in [5.74, 6) is 2.85. The van der Waals surface area contributed by atoms with Gasteiger partial charge in [-0.3, -0.25) is 4.79 Å². The lowest BCUT2D eigenvalue weighted by molar-refractivity contribution is -0.130. The van der Waals surface area contributed by atoms with Crippen LogP contribution in [0.4, 0.5) is 0 Å². The van der Waals surface area contributed by atoms with Crippen molar-refractivity contribution >= 4 is 127 Å². The highest BCUT2D eigenvalue weighted by molar-refractivity contribution is 9.10. The Hall–Kier alpha value is -5.38. The van der Waals surface area contributed by atoms with E-state index in [1.165, 1.54) is 25.9 Å². The Kier molecular flexibility index (Phi) is 34.8. The minimum atomic E-state index is -1.70. The number of carbonyl (C=O) groups excluding carboxylic acids is 2. The van der Waals surface area contributed by atoms with Gasteiger partial charge in [0.2, 0.25) is 16.6 Å². The number of benzene rings is 7. The third-order valence-electron chi connectivity index (χ3n) is 16.2. The van der Waals surface area contributed by atoms with E-state index in [4.69, 9.17) is 28.9 Å². The topological polar surface area (TPSA) is 183 Å². The summed E-state index contributed by atoms with van der Waals surface area (Å²) in [5, 5.41) is 61.8. The molecule has 0 spiro atoms. The second kappa shape index (κ2) is 37.7. The highest BCUT2D eigenvalue weighted by Gasteiger charge is 2.40. The average molecular weight is 1560 g/mol. The summed E-state index contributed by atoms with van der Waals surface area (Å²) in [6.45, 7) is 61.5. The summed E-state index contributed by atoms with van der Waals surface area (Å²) in [6, 6.07) is 47.7. The molecule has 20 heteroatoms. The molecule has 0 aromatic heterocycles. The van der Waals surface area contributed by atoms with Gasteiger partial charge in [-0.15, -0.1) is 0 Å². The number of aldehydes is 1.